The summed E-state index contributed by atoms with van der Waals surface area (Å²) in [5, 5.41) is 0. The minimum atomic E-state index is -0.920. The van der Waals surface area contributed by atoms with Gasteiger partial charge in [0.25, 0.3) is 0 Å². The minimum Gasteiger partial charge on any atom is -0.500 e. The second kappa shape index (κ2) is 11.3. The van der Waals surface area contributed by atoms with E-state index >= 15 is 0 Å². The number of benzene rings is 4. The zero-order valence-electron chi connectivity index (χ0n) is 21.8. The van der Waals surface area contributed by atoms with Gasteiger partial charge in [-0.2, -0.15) is 12.1 Å². The summed E-state index contributed by atoms with van der Waals surface area (Å²) in [4.78, 5) is 8.97. The van der Waals surface area contributed by atoms with Crippen LogP contribution < -0.4 is 9.47 Å². The first-order valence-electron chi connectivity index (χ1n) is 13.0. The summed E-state index contributed by atoms with van der Waals surface area (Å²) in [6.07, 6.45) is 3.28. The van der Waals surface area contributed by atoms with Crippen LogP contribution in [0.3, 0.4) is 0 Å². The predicted molar refractivity (Wildman–Crippen MR) is 150 cm³/mol. The van der Waals surface area contributed by atoms with E-state index in [0.717, 1.165) is 22.9 Å². The molecule has 0 saturated carbocycles. The van der Waals surface area contributed by atoms with Crippen molar-refractivity contribution in [1.82, 2.24) is 9.97 Å². The van der Waals surface area contributed by atoms with Gasteiger partial charge in [-0.15, -0.1) is 17.7 Å². The maximum absolute atomic E-state index is 15.0. The second-order valence-corrected chi connectivity index (χ2v) is 9.47. The van der Waals surface area contributed by atoms with Gasteiger partial charge < -0.3 is 14.5 Å². The molecule has 42 heavy (non-hydrogen) atoms. The van der Waals surface area contributed by atoms with Crippen molar-refractivity contribution in [3.05, 3.63) is 168 Å². The number of hydrogen-bond donors (Lipinski definition) is 0. The summed E-state index contributed by atoms with van der Waals surface area (Å²) in [6.45, 7) is 0. The molecule has 4 aromatic carbocycles. The van der Waals surface area contributed by atoms with Gasteiger partial charge in [0.15, 0.2) is 0 Å². The molecule has 0 N–H and O–H groups in total. The van der Waals surface area contributed by atoms with E-state index in [1.165, 1.54) is 6.20 Å². The molecule has 7 heteroatoms. The quantitative estimate of drug-likeness (QED) is 0.167. The van der Waals surface area contributed by atoms with Crippen molar-refractivity contribution >= 4 is 0 Å². The van der Waals surface area contributed by atoms with Crippen LogP contribution in [0, 0.1) is 23.8 Å². The van der Waals surface area contributed by atoms with Gasteiger partial charge in [-0.25, -0.2) is 0 Å². The number of fused-ring (bicyclic) bond motifs is 2. The summed E-state index contributed by atoms with van der Waals surface area (Å²) in [5.74, 6) is -0.324. The Kier molecular flexibility index (Phi) is 7.40. The van der Waals surface area contributed by atoms with Crippen LogP contribution in [0.5, 0.6) is 23.0 Å². The normalized spacial score (nSPS) is 12.7. The Morgan fingerprint density at radius 1 is 0.667 bits per heavy atom. The molecule has 0 radical (unpaired) electrons. The van der Waals surface area contributed by atoms with Gasteiger partial charge in [-0.3, -0.25) is 13.8 Å². The van der Waals surface area contributed by atoms with Gasteiger partial charge in [0.1, 0.15) is 11.5 Å². The monoisotopic (exact) mass is 733 g/mol. The van der Waals surface area contributed by atoms with Crippen molar-refractivity contribution < 1.29 is 39.3 Å². The molecule has 1 aliphatic rings. The number of rotatable bonds is 5. The smallest absolute Gasteiger partial charge is 0.500 e. The number of nitrogens with zero attached hydrogens (tertiary/aromatic N) is 2. The van der Waals surface area contributed by atoms with Gasteiger partial charge >= 0.3 is 21.1 Å². The Bertz CT molecular complexity index is 1840. The average molecular weight is 734 g/mol. The van der Waals surface area contributed by atoms with Crippen LogP contribution in [0.25, 0.3) is 11.3 Å². The van der Waals surface area contributed by atoms with Gasteiger partial charge in [0.2, 0.25) is 0 Å². The molecule has 6 aromatic rings. The van der Waals surface area contributed by atoms with Crippen LogP contribution in [0.2, 0.25) is 0 Å². The van der Waals surface area contributed by atoms with E-state index in [0.29, 0.717) is 22.8 Å². The SMILES string of the molecule is Fc1cc(F)c(-c2ccccn2)[c-]c1Oc1[c-]c(C2(c3ccccn3)c3ccccc3Oc3ccccc32)ccc1.[Pt+2]. The van der Waals surface area contributed by atoms with E-state index in [-0.39, 0.29) is 38.1 Å². The third-order valence-corrected chi connectivity index (χ3v) is 7.10. The Morgan fingerprint density at radius 3 is 2.00 bits per heavy atom. The fraction of sp³-hybridized carbons (Fsp3) is 0.0286. The van der Waals surface area contributed by atoms with E-state index in [2.05, 4.69) is 17.1 Å². The molecule has 2 aromatic heterocycles. The Labute approximate surface area is 255 Å². The largest absolute Gasteiger partial charge is 2.00 e. The average Bonchev–Trinajstić information content (AvgIpc) is 3.02. The number of hydrogen-bond acceptors (Lipinski definition) is 4. The van der Waals surface area contributed by atoms with E-state index in [1.54, 1.807) is 30.5 Å². The first-order chi connectivity index (χ1) is 20.1. The van der Waals surface area contributed by atoms with E-state index in [1.807, 2.05) is 78.9 Å². The molecular formula is C35H20F2N2O2Pt. The molecule has 1 aliphatic heterocycles. The maximum Gasteiger partial charge on any atom is 2.00 e. The van der Waals surface area contributed by atoms with Crippen molar-refractivity contribution in [1.29, 1.82) is 0 Å². The van der Waals surface area contributed by atoms with Crippen LogP contribution >= 0.6 is 0 Å². The van der Waals surface area contributed by atoms with Gasteiger partial charge in [-0.05, 0) is 36.0 Å². The summed E-state index contributed by atoms with van der Waals surface area (Å²) >= 11 is 0. The Balaban J connectivity index is 0.00000316. The standard InChI is InChI=1S/C35H20F2N2O2.Pt/c36-28-22-29(37)33(21-25(28)30-14-5-7-18-38-30)40-24-11-9-10-23(20-24)35(34-17-6-8-19-39-34)26-12-1-3-15-31(26)41-32-16-4-2-13-27(32)35;/h1-19,22H;/q-2;+2. The molecule has 0 aliphatic carbocycles. The zero-order valence-corrected chi connectivity index (χ0v) is 24.1. The van der Waals surface area contributed by atoms with Crippen molar-refractivity contribution in [2.24, 2.45) is 0 Å². The van der Waals surface area contributed by atoms with Crippen LogP contribution in [0.4, 0.5) is 8.78 Å². The number of aromatic nitrogens is 2. The van der Waals surface area contributed by atoms with Gasteiger partial charge in [0, 0.05) is 35.1 Å². The van der Waals surface area contributed by atoms with Crippen LogP contribution in [0.15, 0.2) is 122 Å². The predicted octanol–water partition coefficient (Wildman–Crippen LogP) is 8.30. The summed E-state index contributed by atoms with van der Waals surface area (Å²) < 4.78 is 41.9. The summed E-state index contributed by atoms with van der Waals surface area (Å²) in [7, 11) is 0. The molecule has 0 spiro atoms. The number of ether oxygens (including phenoxy) is 2. The molecule has 0 fully saturated rings. The number of pyridine rings is 2. The second-order valence-electron chi connectivity index (χ2n) is 9.47. The number of halogens is 2. The van der Waals surface area contributed by atoms with E-state index < -0.39 is 17.0 Å². The van der Waals surface area contributed by atoms with Crippen LogP contribution in [-0.4, -0.2) is 9.97 Å². The molecule has 0 atom stereocenters. The molecule has 0 saturated heterocycles. The van der Waals surface area contributed by atoms with Crippen molar-refractivity contribution in [2.45, 2.75) is 5.41 Å². The molecule has 0 bridgehead atoms. The van der Waals surface area contributed by atoms with E-state index in [9.17, 15) is 8.78 Å². The fourth-order valence-electron chi connectivity index (χ4n) is 5.37. The fourth-order valence-corrected chi connectivity index (χ4v) is 5.37. The van der Waals surface area contributed by atoms with E-state index in [4.69, 9.17) is 14.5 Å². The molecule has 0 unspecified atom stereocenters. The molecule has 0 amide bonds. The minimum absolute atomic E-state index is 0. The Hall–Kier alpha value is -4.67. The third-order valence-electron chi connectivity index (χ3n) is 7.10. The van der Waals surface area contributed by atoms with Crippen molar-refractivity contribution in [3.8, 4) is 34.3 Å². The van der Waals surface area contributed by atoms with Gasteiger partial charge in [0.05, 0.1) is 22.7 Å². The van der Waals surface area contributed by atoms with Gasteiger partial charge in [-0.1, -0.05) is 72.3 Å². The van der Waals surface area contributed by atoms with Crippen molar-refractivity contribution in [2.75, 3.05) is 0 Å². The van der Waals surface area contributed by atoms with Crippen molar-refractivity contribution in [3.63, 3.8) is 0 Å². The molecule has 206 valence electrons. The molecule has 4 nitrogen and oxygen atoms in total. The van der Waals surface area contributed by atoms with Crippen LogP contribution in [0.1, 0.15) is 22.4 Å². The topological polar surface area (TPSA) is 44.2 Å². The summed E-state index contributed by atoms with van der Waals surface area (Å²) in [5.41, 5.74) is 2.63. The maximum atomic E-state index is 15.0. The summed E-state index contributed by atoms with van der Waals surface area (Å²) in [6, 6.07) is 38.7. The third kappa shape index (κ3) is 4.58. The molecule has 7 rings (SSSR count). The van der Waals surface area contributed by atoms with Crippen LogP contribution in [-0.2, 0) is 26.5 Å². The Morgan fingerprint density at radius 2 is 1.33 bits per heavy atom. The first-order valence-corrected chi connectivity index (χ1v) is 13.0. The molecular weight excluding hydrogens is 713 g/mol. The zero-order chi connectivity index (χ0) is 27.8. The first kappa shape index (κ1) is 27.5. The number of para-hydroxylation sites is 2. The molecule has 3 heterocycles.